The summed E-state index contributed by atoms with van der Waals surface area (Å²) in [5.74, 6) is 2.37. The fourth-order valence-electron chi connectivity index (χ4n) is 3.24. The molecule has 96 valence electrons. The van der Waals surface area contributed by atoms with Gasteiger partial charge in [0.05, 0.1) is 0 Å². The number of nitrogens with zero attached hydrogens (tertiary/aromatic N) is 1. The maximum Gasteiger partial charge on any atom is 0.243 e. The maximum absolute atomic E-state index is 11.9. The van der Waals surface area contributed by atoms with Crippen LogP contribution in [0.2, 0.25) is 0 Å². The Labute approximate surface area is 104 Å². The van der Waals surface area contributed by atoms with E-state index in [1.807, 2.05) is 6.92 Å². The fraction of sp³-hybridized carbons (Fsp3) is 0.857. The number of rotatable bonds is 4. The van der Waals surface area contributed by atoms with Gasteiger partial charge in [0.2, 0.25) is 5.91 Å². The summed E-state index contributed by atoms with van der Waals surface area (Å²) in [4.78, 5) is 11.9. The highest BCUT2D eigenvalue weighted by Gasteiger charge is 2.54. The molecule has 3 heteroatoms. The molecule has 0 spiro atoms. The van der Waals surface area contributed by atoms with Crippen LogP contribution >= 0.6 is 0 Å². The number of carbonyl (C=O) groups is 1. The van der Waals surface area contributed by atoms with Gasteiger partial charge in [-0.2, -0.15) is 5.10 Å². The summed E-state index contributed by atoms with van der Waals surface area (Å²) in [5.41, 5.74) is 3.78. The molecule has 1 amide bonds. The van der Waals surface area contributed by atoms with Crippen molar-refractivity contribution in [3.63, 3.8) is 0 Å². The number of nitrogens with one attached hydrogen (secondary N) is 1. The Morgan fingerprint density at radius 1 is 1.29 bits per heavy atom. The van der Waals surface area contributed by atoms with Crippen LogP contribution in [0.5, 0.6) is 0 Å². The van der Waals surface area contributed by atoms with E-state index in [-0.39, 0.29) is 11.8 Å². The molecule has 0 saturated heterocycles. The third-order valence-corrected chi connectivity index (χ3v) is 4.02. The van der Waals surface area contributed by atoms with Crippen molar-refractivity contribution in [3.8, 4) is 0 Å². The number of fused-ring (bicyclic) bond motifs is 1. The molecule has 2 rings (SSSR count). The maximum atomic E-state index is 11.9. The molecule has 1 N–H and O–H groups in total. The highest BCUT2D eigenvalue weighted by molar-refractivity contribution is 5.86. The third-order valence-electron chi connectivity index (χ3n) is 4.02. The Hall–Kier alpha value is -0.860. The highest BCUT2D eigenvalue weighted by atomic mass is 16.2. The smallest absolute Gasteiger partial charge is 0.243 e. The van der Waals surface area contributed by atoms with Crippen LogP contribution in [-0.2, 0) is 4.79 Å². The zero-order chi connectivity index (χ0) is 12.4. The van der Waals surface area contributed by atoms with E-state index in [1.165, 1.54) is 25.7 Å². The second kappa shape index (κ2) is 5.19. The lowest BCUT2D eigenvalue weighted by molar-refractivity contribution is -0.122. The first-order valence-corrected chi connectivity index (χ1v) is 6.92. The van der Waals surface area contributed by atoms with Crippen molar-refractivity contribution in [1.29, 1.82) is 0 Å². The van der Waals surface area contributed by atoms with Crippen molar-refractivity contribution < 1.29 is 4.79 Å². The summed E-state index contributed by atoms with van der Waals surface area (Å²) in [7, 11) is 0. The lowest BCUT2D eigenvalue weighted by Gasteiger charge is -2.04. The molecular formula is C14H24N2O. The van der Waals surface area contributed by atoms with E-state index in [0.717, 1.165) is 12.1 Å². The van der Waals surface area contributed by atoms with Gasteiger partial charge in [-0.1, -0.05) is 26.7 Å². The Bertz CT molecular complexity index is 310. The molecule has 2 atom stereocenters. The van der Waals surface area contributed by atoms with Crippen molar-refractivity contribution in [2.75, 3.05) is 0 Å². The van der Waals surface area contributed by atoms with Gasteiger partial charge in [-0.15, -0.1) is 0 Å². The number of hydrazone groups is 1. The highest BCUT2D eigenvalue weighted by Crippen LogP contribution is 2.55. The first kappa shape index (κ1) is 12.6. The molecule has 0 radical (unpaired) electrons. The number of hydrogen-bond donors (Lipinski definition) is 1. The van der Waals surface area contributed by atoms with Crippen LogP contribution in [0, 0.1) is 23.7 Å². The van der Waals surface area contributed by atoms with Crippen LogP contribution in [0.1, 0.15) is 52.9 Å². The van der Waals surface area contributed by atoms with E-state index < -0.39 is 0 Å². The molecule has 0 aliphatic heterocycles. The summed E-state index contributed by atoms with van der Waals surface area (Å²) in [6.45, 7) is 6.31. The minimum atomic E-state index is 0.157. The summed E-state index contributed by atoms with van der Waals surface area (Å²) < 4.78 is 0. The zero-order valence-corrected chi connectivity index (χ0v) is 11.2. The average Bonchev–Trinajstić information content (AvgIpc) is 2.99. The van der Waals surface area contributed by atoms with Gasteiger partial charge in [0, 0.05) is 11.6 Å². The monoisotopic (exact) mass is 236 g/mol. The predicted molar refractivity (Wildman–Crippen MR) is 69.6 cm³/mol. The number of amides is 1. The topological polar surface area (TPSA) is 41.5 Å². The molecule has 0 aromatic rings. The van der Waals surface area contributed by atoms with Gasteiger partial charge < -0.3 is 0 Å². The molecule has 0 heterocycles. The standard InChI is InChI=1S/C14H24N2O/c1-9(2)8-10(3)15-16-14(17)13-11-6-4-5-7-12(11)13/h9,11-13H,4-8H2,1-3H3,(H,16,17)/t11-,12-/m0/s1. The minimum absolute atomic E-state index is 0.157. The molecule has 17 heavy (non-hydrogen) atoms. The predicted octanol–water partition coefficient (Wildman–Crippen LogP) is 2.96. The van der Waals surface area contributed by atoms with Crippen molar-refractivity contribution in [1.82, 2.24) is 5.43 Å². The van der Waals surface area contributed by atoms with Crippen molar-refractivity contribution >= 4 is 11.6 Å². The van der Waals surface area contributed by atoms with Crippen molar-refractivity contribution in [3.05, 3.63) is 0 Å². The second-order valence-corrected chi connectivity index (χ2v) is 6.06. The third kappa shape index (κ3) is 3.08. The molecule has 2 saturated carbocycles. The zero-order valence-electron chi connectivity index (χ0n) is 11.2. The summed E-state index contributed by atoms with van der Waals surface area (Å²) in [6, 6.07) is 0. The molecule has 0 bridgehead atoms. The Morgan fingerprint density at radius 2 is 1.88 bits per heavy atom. The number of hydrogen-bond acceptors (Lipinski definition) is 2. The van der Waals surface area contributed by atoms with Gasteiger partial charge in [0.15, 0.2) is 0 Å². The van der Waals surface area contributed by atoms with Gasteiger partial charge in [0.1, 0.15) is 0 Å². The van der Waals surface area contributed by atoms with Crippen molar-refractivity contribution in [2.45, 2.75) is 52.9 Å². The first-order valence-electron chi connectivity index (χ1n) is 6.92. The summed E-state index contributed by atoms with van der Waals surface area (Å²) in [6.07, 6.45) is 6.06. The van der Waals surface area contributed by atoms with Crippen molar-refractivity contribution in [2.24, 2.45) is 28.8 Å². The fourth-order valence-corrected chi connectivity index (χ4v) is 3.24. The minimum Gasteiger partial charge on any atom is -0.273 e. The van der Waals surface area contributed by atoms with Crippen LogP contribution < -0.4 is 5.43 Å². The average molecular weight is 236 g/mol. The normalized spacial score (nSPS) is 32.2. The van der Waals surface area contributed by atoms with E-state index in [4.69, 9.17) is 0 Å². The molecule has 0 aromatic carbocycles. The van der Waals surface area contributed by atoms with E-state index in [2.05, 4.69) is 24.4 Å². The summed E-state index contributed by atoms with van der Waals surface area (Å²) >= 11 is 0. The van der Waals surface area contributed by atoms with Gasteiger partial charge in [-0.05, 0) is 43.9 Å². The van der Waals surface area contributed by atoms with Crippen LogP contribution in [0.15, 0.2) is 5.10 Å². The molecule has 2 fully saturated rings. The molecule has 2 aliphatic rings. The summed E-state index contributed by atoms with van der Waals surface area (Å²) in [5, 5.41) is 4.20. The van der Waals surface area contributed by atoms with E-state index in [0.29, 0.717) is 17.8 Å². The van der Waals surface area contributed by atoms with Gasteiger partial charge in [0.25, 0.3) is 0 Å². The van der Waals surface area contributed by atoms with E-state index in [9.17, 15) is 4.79 Å². The first-order chi connectivity index (χ1) is 8.09. The largest absolute Gasteiger partial charge is 0.273 e. The molecule has 3 nitrogen and oxygen atoms in total. The van der Waals surface area contributed by atoms with Crippen LogP contribution in [0.4, 0.5) is 0 Å². The SMILES string of the molecule is CC(CC(C)C)=NNC(=O)C1[C@H]2CCCC[C@H]12. The Morgan fingerprint density at radius 3 is 2.41 bits per heavy atom. The Balaban J connectivity index is 1.78. The molecule has 0 unspecified atom stereocenters. The lowest BCUT2D eigenvalue weighted by atomic mass is 10.0. The van der Waals surface area contributed by atoms with E-state index in [1.54, 1.807) is 0 Å². The Kier molecular flexibility index (Phi) is 3.85. The van der Waals surface area contributed by atoms with Crippen LogP contribution in [0.3, 0.4) is 0 Å². The number of carbonyl (C=O) groups excluding carboxylic acids is 1. The van der Waals surface area contributed by atoms with Gasteiger partial charge in [-0.3, -0.25) is 4.79 Å². The van der Waals surface area contributed by atoms with E-state index >= 15 is 0 Å². The molecule has 2 aliphatic carbocycles. The lowest BCUT2D eigenvalue weighted by Crippen LogP contribution is -2.22. The van der Waals surface area contributed by atoms with Crippen LogP contribution in [-0.4, -0.2) is 11.6 Å². The second-order valence-electron chi connectivity index (χ2n) is 6.06. The van der Waals surface area contributed by atoms with Gasteiger partial charge >= 0.3 is 0 Å². The molecule has 0 aromatic heterocycles. The molecular weight excluding hydrogens is 212 g/mol. The quantitative estimate of drug-likeness (QED) is 0.591. The van der Waals surface area contributed by atoms with Crippen LogP contribution in [0.25, 0.3) is 0 Å². The van der Waals surface area contributed by atoms with Gasteiger partial charge in [-0.25, -0.2) is 5.43 Å².